The van der Waals surface area contributed by atoms with Crippen LogP contribution < -0.4 is 10.1 Å². The molecule has 0 amide bonds. The Morgan fingerprint density at radius 1 is 1.45 bits per heavy atom. The van der Waals surface area contributed by atoms with E-state index in [9.17, 15) is 10.1 Å². The van der Waals surface area contributed by atoms with Gasteiger partial charge in [0.25, 0.3) is 5.69 Å². The molecule has 0 atom stereocenters. The average Bonchev–Trinajstić information content (AvgIpc) is 3.19. The summed E-state index contributed by atoms with van der Waals surface area (Å²) in [6.45, 7) is 3.80. The molecular formula is C15H22N2O3. The van der Waals surface area contributed by atoms with Crippen LogP contribution in [0.1, 0.15) is 38.2 Å². The van der Waals surface area contributed by atoms with Gasteiger partial charge in [0.2, 0.25) is 0 Å². The van der Waals surface area contributed by atoms with Crippen molar-refractivity contribution < 1.29 is 9.66 Å². The van der Waals surface area contributed by atoms with Crippen molar-refractivity contribution in [3.63, 3.8) is 0 Å². The van der Waals surface area contributed by atoms with Crippen molar-refractivity contribution in [1.82, 2.24) is 5.32 Å². The molecule has 110 valence electrons. The lowest BCUT2D eigenvalue weighted by molar-refractivity contribution is -0.384. The Balaban J connectivity index is 1.97. The third kappa shape index (κ3) is 3.48. The molecule has 0 saturated heterocycles. The molecule has 5 heteroatoms. The lowest BCUT2D eigenvalue weighted by Crippen LogP contribution is -2.23. The minimum atomic E-state index is -0.373. The fraction of sp³-hybridized carbons (Fsp3) is 0.600. The van der Waals surface area contributed by atoms with Gasteiger partial charge in [-0.15, -0.1) is 0 Å². The highest BCUT2D eigenvalue weighted by Gasteiger charge is 2.40. The molecule has 0 heterocycles. The minimum absolute atomic E-state index is 0.109. The number of nitrogens with one attached hydrogen (secondary N) is 1. The summed E-state index contributed by atoms with van der Waals surface area (Å²) in [4.78, 5) is 10.5. The van der Waals surface area contributed by atoms with Crippen LogP contribution in [0.3, 0.4) is 0 Å². The summed E-state index contributed by atoms with van der Waals surface area (Å²) >= 11 is 0. The van der Waals surface area contributed by atoms with E-state index in [2.05, 4.69) is 12.2 Å². The molecule has 0 spiro atoms. The van der Waals surface area contributed by atoms with E-state index in [0.29, 0.717) is 17.7 Å². The van der Waals surface area contributed by atoms with Gasteiger partial charge >= 0.3 is 0 Å². The topological polar surface area (TPSA) is 64.4 Å². The van der Waals surface area contributed by atoms with Crippen molar-refractivity contribution >= 4 is 5.69 Å². The summed E-state index contributed by atoms with van der Waals surface area (Å²) in [5.41, 5.74) is 1.43. The first-order valence-electron chi connectivity index (χ1n) is 7.12. The SMILES string of the molecule is CCCC1(CNCc2cc([N+](=O)[O-])ccc2OC)CC1. The molecule has 1 aromatic rings. The highest BCUT2D eigenvalue weighted by atomic mass is 16.6. The number of non-ortho nitro benzene ring substituents is 1. The summed E-state index contributed by atoms with van der Waals surface area (Å²) in [5.74, 6) is 0.698. The molecule has 1 aliphatic rings. The van der Waals surface area contributed by atoms with Gasteiger partial charge in [0.05, 0.1) is 12.0 Å². The molecule has 20 heavy (non-hydrogen) atoms. The monoisotopic (exact) mass is 278 g/mol. The second-order valence-electron chi connectivity index (χ2n) is 5.61. The zero-order valence-electron chi connectivity index (χ0n) is 12.1. The van der Waals surface area contributed by atoms with Gasteiger partial charge in [-0.2, -0.15) is 0 Å². The van der Waals surface area contributed by atoms with Crippen LogP contribution in [0.4, 0.5) is 5.69 Å². The Bertz CT molecular complexity index is 484. The Morgan fingerprint density at radius 2 is 2.20 bits per heavy atom. The van der Waals surface area contributed by atoms with Crippen LogP contribution >= 0.6 is 0 Å². The maximum atomic E-state index is 10.8. The molecule has 0 aliphatic heterocycles. The van der Waals surface area contributed by atoms with E-state index in [-0.39, 0.29) is 10.6 Å². The second-order valence-corrected chi connectivity index (χ2v) is 5.61. The largest absolute Gasteiger partial charge is 0.496 e. The summed E-state index contributed by atoms with van der Waals surface area (Å²) < 4.78 is 5.26. The zero-order valence-corrected chi connectivity index (χ0v) is 12.1. The van der Waals surface area contributed by atoms with E-state index in [1.54, 1.807) is 19.2 Å². The van der Waals surface area contributed by atoms with E-state index in [1.165, 1.54) is 31.7 Å². The van der Waals surface area contributed by atoms with Crippen LogP contribution in [0, 0.1) is 15.5 Å². The number of rotatable bonds is 8. The Morgan fingerprint density at radius 3 is 2.75 bits per heavy atom. The van der Waals surface area contributed by atoms with Gasteiger partial charge in [-0.1, -0.05) is 13.3 Å². The molecular weight excluding hydrogens is 256 g/mol. The first-order valence-corrected chi connectivity index (χ1v) is 7.12. The lowest BCUT2D eigenvalue weighted by atomic mass is 10.0. The van der Waals surface area contributed by atoms with Crippen LogP contribution in [-0.2, 0) is 6.54 Å². The fourth-order valence-corrected chi connectivity index (χ4v) is 2.70. The molecule has 0 bridgehead atoms. The van der Waals surface area contributed by atoms with Gasteiger partial charge in [-0.05, 0) is 30.7 Å². The maximum Gasteiger partial charge on any atom is 0.270 e. The Kier molecular flexibility index (Phi) is 4.60. The van der Waals surface area contributed by atoms with Crippen LogP contribution in [0.15, 0.2) is 18.2 Å². The van der Waals surface area contributed by atoms with Crippen molar-refractivity contribution in [3.05, 3.63) is 33.9 Å². The van der Waals surface area contributed by atoms with Crippen LogP contribution in [-0.4, -0.2) is 18.6 Å². The molecule has 0 radical (unpaired) electrons. The van der Waals surface area contributed by atoms with Crippen molar-refractivity contribution in [2.24, 2.45) is 5.41 Å². The summed E-state index contributed by atoms with van der Waals surface area (Å²) in [6.07, 6.45) is 5.05. The van der Waals surface area contributed by atoms with Crippen LogP contribution in [0.2, 0.25) is 0 Å². The van der Waals surface area contributed by atoms with Gasteiger partial charge in [0.15, 0.2) is 0 Å². The van der Waals surface area contributed by atoms with Crippen molar-refractivity contribution in [2.75, 3.05) is 13.7 Å². The molecule has 1 fully saturated rings. The third-order valence-electron chi connectivity index (χ3n) is 4.03. The van der Waals surface area contributed by atoms with Gasteiger partial charge in [0.1, 0.15) is 5.75 Å². The quantitative estimate of drug-likeness (QED) is 0.585. The predicted octanol–water partition coefficient (Wildman–Crippen LogP) is 3.27. The first-order chi connectivity index (χ1) is 9.60. The minimum Gasteiger partial charge on any atom is -0.496 e. The predicted molar refractivity (Wildman–Crippen MR) is 77.9 cm³/mol. The Labute approximate surface area is 119 Å². The second kappa shape index (κ2) is 6.22. The van der Waals surface area contributed by atoms with Crippen molar-refractivity contribution in [3.8, 4) is 5.75 Å². The van der Waals surface area contributed by atoms with Crippen molar-refractivity contribution in [1.29, 1.82) is 0 Å². The highest BCUT2D eigenvalue weighted by molar-refractivity contribution is 5.43. The maximum absolute atomic E-state index is 10.8. The number of hydrogen-bond donors (Lipinski definition) is 1. The van der Waals surface area contributed by atoms with Crippen LogP contribution in [0.5, 0.6) is 5.75 Å². The number of hydrogen-bond acceptors (Lipinski definition) is 4. The van der Waals surface area contributed by atoms with Gasteiger partial charge < -0.3 is 10.1 Å². The fourth-order valence-electron chi connectivity index (χ4n) is 2.70. The standard InChI is InChI=1S/C15H22N2O3/c1-3-6-15(7-8-15)11-16-10-12-9-13(17(18)19)4-5-14(12)20-2/h4-5,9,16H,3,6-8,10-11H2,1-2H3. The van der Waals surface area contributed by atoms with Crippen molar-refractivity contribution in [2.45, 2.75) is 39.2 Å². The average molecular weight is 278 g/mol. The number of nitrogens with zero attached hydrogens (tertiary/aromatic N) is 1. The molecule has 0 aromatic heterocycles. The molecule has 0 unspecified atom stereocenters. The number of nitro benzene ring substituents is 1. The van der Waals surface area contributed by atoms with Crippen LogP contribution in [0.25, 0.3) is 0 Å². The van der Waals surface area contributed by atoms with Gasteiger partial charge in [0, 0.05) is 30.8 Å². The van der Waals surface area contributed by atoms with E-state index in [1.807, 2.05) is 0 Å². The summed E-state index contributed by atoms with van der Waals surface area (Å²) in [6, 6.07) is 4.72. The normalized spacial score (nSPS) is 15.9. The third-order valence-corrected chi connectivity index (χ3v) is 4.03. The molecule has 1 N–H and O–H groups in total. The smallest absolute Gasteiger partial charge is 0.270 e. The van der Waals surface area contributed by atoms with Gasteiger partial charge in [-0.25, -0.2) is 0 Å². The summed E-state index contributed by atoms with van der Waals surface area (Å²) in [5, 5.41) is 14.3. The number of benzene rings is 1. The van der Waals surface area contributed by atoms with E-state index < -0.39 is 0 Å². The Hall–Kier alpha value is -1.62. The zero-order chi connectivity index (χ0) is 14.6. The van der Waals surface area contributed by atoms with E-state index in [4.69, 9.17) is 4.74 Å². The molecule has 1 saturated carbocycles. The molecule has 1 aromatic carbocycles. The number of methoxy groups -OCH3 is 1. The number of nitro groups is 1. The molecule has 5 nitrogen and oxygen atoms in total. The summed E-state index contributed by atoms with van der Waals surface area (Å²) in [7, 11) is 1.59. The van der Waals surface area contributed by atoms with E-state index >= 15 is 0 Å². The molecule has 2 rings (SSSR count). The first kappa shape index (κ1) is 14.8. The van der Waals surface area contributed by atoms with Gasteiger partial charge in [-0.3, -0.25) is 10.1 Å². The lowest BCUT2D eigenvalue weighted by Gasteiger charge is -2.16. The number of ether oxygens (including phenoxy) is 1. The molecule has 1 aliphatic carbocycles. The highest BCUT2D eigenvalue weighted by Crippen LogP contribution is 2.49. The van der Waals surface area contributed by atoms with E-state index in [0.717, 1.165) is 12.1 Å².